The minimum atomic E-state index is -0.114. The fraction of sp³-hybridized carbons (Fsp3) is 0.412. The highest BCUT2D eigenvalue weighted by molar-refractivity contribution is 7.99. The number of nitrogens with zero attached hydrogens (tertiary/aromatic N) is 3. The average Bonchev–Trinajstić information content (AvgIpc) is 3.23. The van der Waals surface area contributed by atoms with Crippen LogP contribution in [0.5, 0.6) is 0 Å². The molecular formula is C17H21N5O2S. The Bertz CT molecular complexity index is 744. The van der Waals surface area contributed by atoms with Gasteiger partial charge in [-0.3, -0.25) is 14.7 Å². The van der Waals surface area contributed by atoms with Crippen LogP contribution in [0.15, 0.2) is 29.4 Å². The minimum Gasteiger partial charge on any atom is -0.325 e. The number of aromatic amines is 1. The second-order valence-electron chi connectivity index (χ2n) is 5.85. The smallest absolute Gasteiger partial charge is 0.234 e. The van der Waals surface area contributed by atoms with Crippen molar-refractivity contribution in [2.24, 2.45) is 0 Å². The quantitative estimate of drug-likeness (QED) is 0.742. The molecule has 1 fully saturated rings. The number of benzene rings is 1. The Kier molecular flexibility index (Phi) is 5.70. The van der Waals surface area contributed by atoms with Crippen molar-refractivity contribution in [3.8, 4) is 0 Å². The van der Waals surface area contributed by atoms with E-state index in [-0.39, 0.29) is 17.6 Å². The maximum absolute atomic E-state index is 12.0. The molecule has 3 rings (SSSR count). The fourth-order valence-electron chi connectivity index (χ4n) is 2.66. The predicted molar refractivity (Wildman–Crippen MR) is 97.8 cm³/mol. The van der Waals surface area contributed by atoms with Gasteiger partial charge in [-0.2, -0.15) is 0 Å². The molecule has 1 saturated heterocycles. The van der Waals surface area contributed by atoms with Gasteiger partial charge in [-0.25, -0.2) is 4.98 Å². The van der Waals surface area contributed by atoms with Gasteiger partial charge in [0.1, 0.15) is 5.82 Å². The van der Waals surface area contributed by atoms with Crippen molar-refractivity contribution in [3.63, 3.8) is 0 Å². The van der Waals surface area contributed by atoms with Crippen LogP contribution in [0.4, 0.5) is 11.4 Å². The number of hydrogen-bond donors (Lipinski definition) is 2. The Morgan fingerprint density at radius 2 is 2.16 bits per heavy atom. The molecule has 1 aliphatic heterocycles. The zero-order valence-electron chi connectivity index (χ0n) is 14.1. The van der Waals surface area contributed by atoms with Crippen molar-refractivity contribution in [3.05, 3.63) is 30.1 Å². The minimum absolute atomic E-state index is 0.114. The summed E-state index contributed by atoms with van der Waals surface area (Å²) < 4.78 is 0. The summed E-state index contributed by atoms with van der Waals surface area (Å²) in [5, 5.41) is 10.4. The number of carbonyl (C=O) groups excluding carboxylic acids is 2. The van der Waals surface area contributed by atoms with Crippen LogP contribution in [-0.2, 0) is 16.0 Å². The van der Waals surface area contributed by atoms with Crippen LogP contribution in [0.25, 0.3) is 0 Å². The Hall–Kier alpha value is -2.35. The highest BCUT2D eigenvalue weighted by atomic mass is 32.2. The molecule has 2 N–H and O–H groups in total. The molecule has 0 saturated carbocycles. The lowest BCUT2D eigenvalue weighted by Crippen LogP contribution is -2.23. The van der Waals surface area contributed by atoms with E-state index in [0.29, 0.717) is 17.3 Å². The summed E-state index contributed by atoms with van der Waals surface area (Å²) in [5.74, 6) is 1.13. The molecule has 7 nitrogen and oxygen atoms in total. The highest BCUT2D eigenvalue weighted by Crippen LogP contribution is 2.23. The number of hydrogen-bond acceptors (Lipinski definition) is 5. The number of nitrogens with one attached hydrogen (secondary N) is 2. The molecule has 1 aliphatic rings. The van der Waals surface area contributed by atoms with Crippen LogP contribution in [0.3, 0.4) is 0 Å². The lowest BCUT2D eigenvalue weighted by Gasteiger charge is -2.16. The first kappa shape index (κ1) is 17.5. The van der Waals surface area contributed by atoms with E-state index in [2.05, 4.69) is 27.4 Å². The van der Waals surface area contributed by atoms with Gasteiger partial charge < -0.3 is 10.2 Å². The normalized spacial score (nSPS) is 14.1. The number of aryl methyl sites for hydroxylation is 1. The maximum atomic E-state index is 12.0. The van der Waals surface area contributed by atoms with Gasteiger partial charge in [0.05, 0.1) is 5.75 Å². The third-order valence-corrected chi connectivity index (χ3v) is 4.71. The van der Waals surface area contributed by atoms with Crippen LogP contribution < -0.4 is 10.2 Å². The summed E-state index contributed by atoms with van der Waals surface area (Å²) >= 11 is 1.30. The van der Waals surface area contributed by atoms with E-state index in [9.17, 15) is 9.59 Å². The third-order valence-electron chi connectivity index (χ3n) is 3.87. The van der Waals surface area contributed by atoms with Gasteiger partial charge in [0, 0.05) is 30.8 Å². The SMILES string of the molecule is CCCc1nc(SCC(=O)Nc2ccc(N3CCCC3=O)cc2)n[nH]1. The number of rotatable bonds is 7. The van der Waals surface area contributed by atoms with Gasteiger partial charge in [0.15, 0.2) is 0 Å². The largest absolute Gasteiger partial charge is 0.325 e. The van der Waals surface area contributed by atoms with Gasteiger partial charge in [-0.1, -0.05) is 18.7 Å². The molecule has 2 heterocycles. The summed E-state index contributed by atoms with van der Waals surface area (Å²) in [6, 6.07) is 7.35. The Morgan fingerprint density at radius 3 is 2.84 bits per heavy atom. The van der Waals surface area contributed by atoms with E-state index in [1.165, 1.54) is 11.8 Å². The first-order chi connectivity index (χ1) is 12.2. The molecule has 0 aliphatic carbocycles. The molecule has 132 valence electrons. The summed E-state index contributed by atoms with van der Waals surface area (Å²) in [5.41, 5.74) is 1.58. The molecule has 0 atom stereocenters. The van der Waals surface area contributed by atoms with Gasteiger partial charge in [-0.15, -0.1) is 5.10 Å². The Balaban J connectivity index is 1.49. The zero-order valence-corrected chi connectivity index (χ0v) is 14.9. The van der Waals surface area contributed by atoms with Gasteiger partial charge in [-0.05, 0) is 37.1 Å². The van der Waals surface area contributed by atoms with E-state index in [1.807, 2.05) is 24.3 Å². The molecular weight excluding hydrogens is 338 g/mol. The lowest BCUT2D eigenvalue weighted by molar-refractivity contribution is -0.117. The first-order valence-corrected chi connectivity index (χ1v) is 9.38. The summed E-state index contributed by atoms with van der Waals surface area (Å²) in [6.07, 6.45) is 3.36. The Labute approximate surface area is 150 Å². The van der Waals surface area contributed by atoms with Crippen molar-refractivity contribution in [2.45, 2.75) is 37.8 Å². The zero-order chi connectivity index (χ0) is 17.6. The van der Waals surface area contributed by atoms with E-state index in [4.69, 9.17) is 0 Å². The molecule has 1 aromatic carbocycles. The molecule has 25 heavy (non-hydrogen) atoms. The van der Waals surface area contributed by atoms with E-state index in [0.717, 1.165) is 37.3 Å². The fourth-order valence-corrected chi connectivity index (χ4v) is 3.28. The lowest BCUT2D eigenvalue weighted by atomic mass is 10.2. The third kappa shape index (κ3) is 4.60. The van der Waals surface area contributed by atoms with Gasteiger partial charge in [0.2, 0.25) is 17.0 Å². The summed E-state index contributed by atoms with van der Waals surface area (Å²) in [6.45, 7) is 2.84. The summed E-state index contributed by atoms with van der Waals surface area (Å²) in [7, 11) is 0. The second-order valence-corrected chi connectivity index (χ2v) is 6.79. The number of H-pyrrole nitrogens is 1. The molecule has 1 aromatic heterocycles. The standard InChI is InChI=1S/C17H21N5O2S/c1-2-4-14-19-17(21-20-14)25-11-15(23)18-12-6-8-13(9-7-12)22-10-3-5-16(22)24/h6-9H,2-5,10-11H2,1H3,(H,18,23)(H,19,20,21). The van der Waals surface area contributed by atoms with Crippen molar-refractivity contribution >= 4 is 35.0 Å². The maximum Gasteiger partial charge on any atom is 0.234 e. The van der Waals surface area contributed by atoms with E-state index in [1.54, 1.807) is 4.90 Å². The second kappa shape index (κ2) is 8.15. The molecule has 0 bridgehead atoms. The van der Waals surface area contributed by atoms with Crippen LogP contribution in [-0.4, -0.2) is 39.3 Å². The van der Waals surface area contributed by atoms with E-state index < -0.39 is 0 Å². The highest BCUT2D eigenvalue weighted by Gasteiger charge is 2.21. The number of amides is 2. The van der Waals surface area contributed by atoms with Crippen molar-refractivity contribution in [2.75, 3.05) is 22.5 Å². The predicted octanol–water partition coefficient (Wildman–Crippen LogP) is 2.61. The molecule has 0 spiro atoms. The van der Waals surface area contributed by atoms with Crippen molar-refractivity contribution in [1.82, 2.24) is 15.2 Å². The molecule has 2 amide bonds. The van der Waals surface area contributed by atoms with Gasteiger partial charge in [0.25, 0.3) is 0 Å². The number of thioether (sulfide) groups is 1. The topological polar surface area (TPSA) is 91.0 Å². The monoisotopic (exact) mass is 359 g/mol. The van der Waals surface area contributed by atoms with E-state index >= 15 is 0 Å². The first-order valence-electron chi connectivity index (χ1n) is 8.40. The molecule has 8 heteroatoms. The molecule has 0 unspecified atom stereocenters. The van der Waals surface area contributed by atoms with Crippen LogP contribution in [0, 0.1) is 0 Å². The van der Waals surface area contributed by atoms with Crippen LogP contribution in [0.2, 0.25) is 0 Å². The van der Waals surface area contributed by atoms with Gasteiger partial charge >= 0.3 is 0 Å². The van der Waals surface area contributed by atoms with Crippen molar-refractivity contribution < 1.29 is 9.59 Å². The number of aromatic nitrogens is 3. The number of anilines is 2. The van der Waals surface area contributed by atoms with Crippen molar-refractivity contribution in [1.29, 1.82) is 0 Å². The molecule has 2 aromatic rings. The summed E-state index contributed by atoms with van der Waals surface area (Å²) in [4.78, 5) is 29.9. The Morgan fingerprint density at radius 1 is 1.36 bits per heavy atom. The molecule has 0 radical (unpaired) electrons. The average molecular weight is 359 g/mol. The van der Waals surface area contributed by atoms with Crippen LogP contribution in [0.1, 0.15) is 32.0 Å². The number of carbonyl (C=O) groups is 2. The van der Waals surface area contributed by atoms with Crippen LogP contribution >= 0.6 is 11.8 Å².